The molecule has 2 aromatic rings. The van der Waals surface area contributed by atoms with E-state index in [1.165, 1.54) is 0 Å². The largest absolute Gasteiger partial charge is 0.484 e. The molecule has 0 aliphatic carbocycles. The van der Waals surface area contributed by atoms with Crippen LogP contribution in [-0.4, -0.2) is 35.0 Å². The second-order valence-electron chi connectivity index (χ2n) is 7.03. The summed E-state index contributed by atoms with van der Waals surface area (Å²) in [5.41, 5.74) is 3.32. The average Bonchev–Trinajstić information content (AvgIpc) is 2.89. The molecule has 0 radical (unpaired) electrons. The van der Waals surface area contributed by atoms with E-state index in [4.69, 9.17) is 4.74 Å². The fourth-order valence-electron chi connectivity index (χ4n) is 3.01. The molecule has 1 atom stereocenters. The van der Waals surface area contributed by atoms with Gasteiger partial charge >= 0.3 is 6.03 Å². The van der Waals surface area contributed by atoms with Gasteiger partial charge < -0.3 is 10.1 Å². The Morgan fingerprint density at radius 1 is 1.14 bits per heavy atom. The molecule has 0 spiro atoms. The fourth-order valence-corrected chi connectivity index (χ4v) is 3.01. The molecule has 0 unspecified atom stereocenters. The minimum Gasteiger partial charge on any atom is -0.484 e. The summed E-state index contributed by atoms with van der Waals surface area (Å²) in [5.74, 6) is -0.533. The number of amides is 4. The number of carbonyl (C=O) groups is 3. The fraction of sp³-hybridized carbons (Fsp3) is 0.286. The Morgan fingerprint density at radius 2 is 1.89 bits per heavy atom. The van der Waals surface area contributed by atoms with Crippen molar-refractivity contribution < 1.29 is 19.1 Å². The Morgan fingerprint density at radius 3 is 2.61 bits per heavy atom. The summed E-state index contributed by atoms with van der Waals surface area (Å²) in [6.07, 6.45) is 1.05. The van der Waals surface area contributed by atoms with Crippen LogP contribution < -0.4 is 15.5 Å². The number of hydrogen-bond donors (Lipinski definition) is 2. The van der Waals surface area contributed by atoms with Crippen molar-refractivity contribution in [2.75, 3.05) is 6.61 Å². The number of benzene rings is 2. The smallest absolute Gasteiger partial charge is 0.344 e. The van der Waals surface area contributed by atoms with Gasteiger partial charge in [0, 0.05) is 0 Å². The van der Waals surface area contributed by atoms with E-state index in [-0.39, 0.29) is 6.61 Å². The molecule has 1 fully saturated rings. The number of carbonyl (C=O) groups excluding carboxylic acids is 3. The summed E-state index contributed by atoms with van der Waals surface area (Å²) in [6.45, 7) is 3.27. The zero-order valence-corrected chi connectivity index (χ0v) is 15.9. The lowest BCUT2D eigenvalue weighted by atomic mass is 9.93. The van der Waals surface area contributed by atoms with Crippen LogP contribution in [0.3, 0.4) is 0 Å². The topological polar surface area (TPSA) is 87.7 Å². The number of urea groups is 1. The molecule has 3 rings (SSSR count). The van der Waals surface area contributed by atoms with Crippen molar-refractivity contribution in [2.45, 2.75) is 32.2 Å². The standard InChI is InChI=1S/C21H23N3O4/c1-15-7-6-10-17(13-15)28-14-18(25)23-24-19(26)21(2,22-20(24)27)12-11-16-8-4-3-5-9-16/h3-10,13H,11-12,14H2,1-2H3,(H,22,27)(H,23,25)/t21-/m0/s1. The molecule has 28 heavy (non-hydrogen) atoms. The lowest BCUT2D eigenvalue weighted by molar-refractivity contribution is -0.139. The van der Waals surface area contributed by atoms with Crippen molar-refractivity contribution >= 4 is 17.8 Å². The summed E-state index contributed by atoms with van der Waals surface area (Å²) < 4.78 is 5.40. The van der Waals surface area contributed by atoms with Gasteiger partial charge in [0.15, 0.2) is 6.61 Å². The van der Waals surface area contributed by atoms with Crippen LogP contribution >= 0.6 is 0 Å². The highest BCUT2D eigenvalue weighted by atomic mass is 16.5. The van der Waals surface area contributed by atoms with Crippen LogP contribution in [0.2, 0.25) is 0 Å². The highest BCUT2D eigenvalue weighted by molar-refractivity contribution is 6.07. The SMILES string of the molecule is Cc1cccc(OCC(=O)NN2C(=O)N[C@@](C)(CCc3ccccc3)C2=O)c1. The lowest BCUT2D eigenvalue weighted by Crippen LogP contribution is -2.50. The van der Waals surface area contributed by atoms with E-state index < -0.39 is 23.4 Å². The first-order chi connectivity index (χ1) is 13.4. The van der Waals surface area contributed by atoms with E-state index >= 15 is 0 Å². The van der Waals surface area contributed by atoms with Gasteiger partial charge in [0.05, 0.1) is 0 Å². The third-order valence-corrected chi connectivity index (χ3v) is 4.61. The summed E-state index contributed by atoms with van der Waals surface area (Å²) in [5, 5.41) is 3.40. The van der Waals surface area contributed by atoms with Crippen LogP contribution in [0.4, 0.5) is 4.79 Å². The van der Waals surface area contributed by atoms with Crippen molar-refractivity contribution in [3.63, 3.8) is 0 Å². The van der Waals surface area contributed by atoms with Gasteiger partial charge in [-0.05, 0) is 49.9 Å². The zero-order chi connectivity index (χ0) is 20.1. The minimum absolute atomic E-state index is 0.304. The van der Waals surface area contributed by atoms with Gasteiger partial charge in [-0.3, -0.25) is 15.0 Å². The van der Waals surface area contributed by atoms with E-state index in [1.807, 2.05) is 49.4 Å². The number of ether oxygens (including phenoxy) is 1. The maximum atomic E-state index is 12.7. The normalized spacial score (nSPS) is 18.7. The predicted molar refractivity (Wildman–Crippen MR) is 103 cm³/mol. The highest BCUT2D eigenvalue weighted by Crippen LogP contribution is 2.22. The molecule has 7 heteroatoms. The highest BCUT2D eigenvalue weighted by Gasteiger charge is 2.48. The van der Waals surface area contributed by atoms with Gasteiger partial charge in [0.25, 0.3) is 11.8 Å². The molecule has 1 saturated heterocycles. The molecule has 0 bridgehead atoms. The van der Waals surface area contributed by atoms with E-state index in [1.54, 1.807) is 19.1 Å². The van der Waals surface area contributed by atoms with Crippen LogP contribution in [0.5, 0.6) is 5.75 Å². The Kier molecular flexibility index (Phi) is 5.63. The van der Waals surface area contributed by atoms with E-state index in [2.05, 4.69) is 10.7 Å². The molecular weight excluding hydrogens is 358 g/mol. The number of aryl methyl sites for hydroxylation is 2. The van der Waals surface area contributed by atoms with Crippen LogP contribution in [0, 0.1) is 6.92 Å². The number of hydrogen-bond acceptors (Lipinski definition) is 4. The molecule has 1 aliphatic rings. The van der Waals surface area contributed by atoms with Gasteiger partial charge in [-0.25, -0.2) is 4.79 Å². The molecule has 4 amide bonds. The first-order valence-electron chi connectivity index (χ1n) is 9.07. The number of imide groups is 1. The number of rotatable bonds is 7. The number of nitrogens with zero attached hydrogens (tertiary/aromatic N) is 1. The monoisotopic (exact) mass is 381 g/mol. The van der Waals surface area contributed by atoms with E-state index in [0.717, 1.165) is 16.1 Å². The predicted octanol–water partition coefficient (Wildman–Crippen LogP) is 2.35. The summed E-state index contributed by atoms with van der Waals surface area (Å²) in [6, 6.07) is 16.3. The van der Waals surface area contributed by atoms with Crippen molar-refractivity contribution in [1.29, 1.82) is 0 Å². The summed E-state index contributed by atoms with van der Waals surface area (Å²) >= 11 is 0. The van der Waals surface area contributed by atoms with Crippen molar-refractivity contribution in [1.82, 2.24) is 15.8 Å². The van der Waals surface area contributed by atoms with Crippen molar-refractivity contribution in [2.24, 2.45) is 0 Å². The first-order valence-corrected chi connectivity index (χ1v) is 9.07. The van der Waals surface area contributed by atoms with E-state index in [0.29, 0.717) is 18.6 Å². The van der Waals surface area contributed by atoms with Crippen LogP contribution in [0.15, 0.2) is 54.6 Å². The van der Waals surface area contributed by atoms with Crippen molar-refractivity contribution in [3.8, 4) is 5.75 Å². The van der Waals surface area contributed by atoms with Crippen molar-refractivity contribution in [3.05, 3.63) is 65.7 Å². The van der Waals surface area contributed by atoms with Gasteiger partial charge in [-0.1, -0.05) is 42.5 Å². The second kappa shape index (κ2) is 8.12. The summed E-state index contributed by atoms with van der Waals surface area (Å²) in [7, 11) is 0. The van der Waals surface area contributed by atoms with Gasteiger partial charge in [0.1, 0.15) is 11.3 Å². The van der Waals surface area contributed by atoms with Crippen LogP contribution in [0.25, 0.3) is 0 Å². The molecule has 0 aromatic heterocycles. The first kappa shape index (κ1) is 19.4. The third-order valence-electron chi connectivity index (χ3n) is 4.61. The number of nitrogens with one attached hydrogen (secondary N) is 2. The lowest BCUT2D eigenvalue weighted by Gasteiger charge is -2.21. The quantitative estimate of drug-likeness (QED) is 0.721. The molecule has 7 nitrogen and oxygen atoms in total. The maximum absolute atomic E-state index is 12.7. The minimum atomic E-state index is -1.07. The van der Waals surface area contributed by atoms with E-state index in [9.17, 15) is 14.4 Å². The Labute approximate surface area is 163 Å². The molecule has 2 aromatic carbocycles. The average molecular weight is 381 g/mol. The molecule has 2 N–H and O–H groups in total. The van der Waals surface area contributed by atoms with Gasteiger partial charge in [-0.15, -0.1) is 0 Å². The summed E-state index contributed by atoms with van der Waals surface area (Å²) in [4.78, 5) is 37.0. The van der Waals surface area contributed by atoms with Gasteiger partial charge in [0.2, 0.25) is 0 Å². The molecule has 1 aliphatic heterocycles. The van der Waals surface area contributed by atoms with Crippen LogP contribution in [-0.2, 0) is 16.0 Å². The van der Waals surface area contributed by atoms with Gasteiger partial charge in [-0.2, -0.15) is 5.01 Å². The Bertz CT molecular complexity index is 884. The zero-order valence-electron chi connectivity index (χ0n) is 15.9. The van der Waals surface area contributed by atoms with Crippen LogP contribution in [0.1, 0.15) is 24.5 Å². The molecule has 146 valence electrons. The molecule has 0 saturated carbocycles. The Hall–Kier alpha value is -3.35. The maximum Gasteiger partial charge on any atom is 0.344 e. The molecular formula is C21H23N3O4. The molecule has 1 heterocycles. The third kappa shape index (κ3) is 4.49. The number of hydrazine groups is 1. The Balaban J connectivity index is 1.56. The second-order valence-corrected chi connectivity index (χ2v) is 7.03.